The van der Waals surface area contributed by atoms with E-state index in [9.17, 15) is 4.79 Å². The van der Waals surface area contributed by atoms with E-state index in [-0.39, 0.29) is 5.78 Å². The summed E-state index contributed by atoms with van der Waals surface area (Å²) in [6, 6.07) is 12.0. The lowest BCUT2D eigenvalue weighted by Crippen LogP contribution is -1.90. The standard InChI is InChI=1S/C13H11BrOS2/c1-9(15)10-3-2-4-11(7-10)16-8-12-5-6-13(14)17-12/h2-7H,8H2,1H3. The first-order valence-electron chi connectivity index (χ1n) is 5.13. The molecule has 0 aliphatic rings. The third kappa shape index (κ3) is 3.69. The quantitative estimate of drug-likeness (QED) is 0.580. The zero-order chi connectivity index (χ0) is 12.3. The zero-order valence-electron chi connectivity index (χ0n) is 9.27. The molecule has 1 aromatic heterocycles. The number of halogens is 1. The van der Waals surface area contributed by atoms with Crippen molar-refractivity contribution < 1.29 is 4.79 Å². The molecule has 0 radical (unpaired) electrons. The largest absolute Gasteiger partial charge is 0.295 e. The molecule has 2 rings (SSSR count). The van der Waals surface area contributed by atoms with Crippen molar-refractivity contribution in [3.63, 3.8) is 0 Å². The van der Waals surface area contributed by atoms with Gasteiger partial charge in [-0.15, -0.1) is 23.1 Å². The number of hydrogen-bond donors (Lipinski definition) is 0. The van der Waals surface area contributed by atoms with Crippen LogP contribution in [-0.4, -0.2) is 5.78 Å². The summed E-state index contributed by atoms with van der Waals surface area (Å²) in [7, 11) is 0. The second-order valence-electron chi connectivity index (χ2n) is 3.58. The predicted octanol–water partition coefficient (Wildman–Crippen LogP) is 5.01. The summed E-state index contributed by atoms with van der Waals surface area (Å²) in [6.45, 7) is 1.60. The van der Waals surface area contributed by atoms with Gasteiger partial charge in [-0.3, -0.25) is 4.79 Å². The lowest BCUT2D eigenvalue weighted by Gasteiger charge is -2.01. The number of carbonyl (C=O) groups is 1. The molecule has 0 saturated carbocycles. The van der Waals surface area contributed by atoms with Crippen molar-refractivity contribution in [2.75, 3.05) is 0 Å². The maximum atomic E-state index is 11.3. The number of ketones is 1. The van der Waals surface area contributed by atoms with Crippen LogP contribution in [-0.2, 0) is 5.75 Å². The molecule has 0 unspecified atom stereocenters. The Morgan fingerprint density at radius 1 is 1.35 bits per heavy atom. The monoisotopic (exact) mass is 326 g/mol. The van der Waals surface area contributed by atoms with Gasteiger partial charge >= 0.3 is 0 Å². The second-order valence-corrected chi connectivity index (χ2v) is 7.17. The van der Waals surface area contributed by atoms with E-state index in [1.807, 2.05) is 24.3 Å². The molecule has 0 saturated heterocycles. The minimum absolute atomic E-state index is 0.117. The fourth-order valence-electron chi connectivity index (χ4n) is 1.39. The van der Waals surface area contributed by atoms with Crippen LogP contribution in [0.15, 0.2) is 45.1 Å². The van der Waals surface area contributed by atoms with Gasteiger partial charge in [0, 0.05) is 21.1 Å². The van der Waals surface area contributed by atoms with Crippen LogP contribution in [0.5, 0.6) is 0 Å². The maximum Gasteiger partial charge on any atom is 0.159 e. The SMILES string of the molecule is CC(=O)c1cccc(SCc2ccc(Br)s2)c1. The van der Waals surface area contributed by atoms with Gasteiger partial charge in [0.1, 0.15) is 0 Å². The summed E-state index contributed by atoms with van der Waals surface area (Å²) < 4.78 is 1.16. The molecule has 2 aromatic rings. The summed E-state index contributed by atoms with van der Waals surface area (Å²) in [4.78, 5) is 13.7. The van der Waals surface area contributed by atoms with Crippen LogP contribution in [0, 0.1) is 0 Å². The number of thiophene rings is 1. The highest BCUT2D eigenvalue weighted by molar-refractivity contribution is 9.11. The Kier molecular flexibility index (Phi) is 4.42. The molecular formula is C13H11BrOS2. The Morgan fingerprint density at radius 2 is 2.18 bits per heavy atom. The Balaban J connectivity index is 2.04. The Bertz CT molecular complexity index is 534. The van der Waals surface area contributed by atoms with Crippen LogP contribution in [0.2, 0.25) is 0 Å². The van der Waals surface area contributed by atoms with E-state index in [0.29, 0.717) is 0 Å². The van der Waals surface area contributed by atoms with Crippen LogP contribution in [0.25, 0.3) is 0 Å². The van der Waals surface area contributed by atoms with Crippen LogP contribution in [0.1, 0.15) is 22.2 Å². The highest BCUT2D eigenvalue weighted by Crippen LogP contribution is 2.29. The fraction of sp³-hybridized carbons (Fsp3) is 0.154. The molecule has 1 nitrogen and oxygen atoms in total. The Morgan fingerprint density at radius 3 is 2.82 bits per heavy atom. The van der Waals surface area contributed by atoms with E-state index >= 15 is 0 Å². The van der Waals surface area contributed by atoms with Gasteiger partial charge in [0.05, 0.1) is 3.79 Å². The number of hydrogen-bond acceptors (Lipinski definition) is 3. The molecule has 0 N–H and O–H groups in total. The Labute approximate surface area is 117 Å². The van der Waals surface area contributed by atoms with Crippen LogP contribution >= 0.6 is 39.0 Å². The molecule has 1 heterocycles. The zero-order valence-corrected chi connectivity index (χ0v) is 12.5. The highest BCUT2D eigenvalue weighted by Gasteiger charge is 2.02. The van der Waals surface area contributed by atoms with Crippen molar-refractivity contribution in [2.45, 2.75) is 17.6 Å². The molecule has 17 heavy (non-hydrogen) atoms. The van der Waals surface area contributed by atoms with Gasteiger partial charge in [-0.1, -0.05) is 12.1 Å². The molecule has 4 heteroatoms. The van der Waals surface area contributed by atoms with E-state index in [1.54, 1.807) is 30.0 Å². The molecule has 1 aromatic carbocycles. The molecule has 0 aliphatic heterocycles. The van der Waals surface area contributed by atoms with Crippen molar-refractivity contribution in [3.8, 4) is 0 Å². The van der Waals surface area contributed by atoms with Gasteiger partial charge in [0.15, 0.2) is 5.78 Å². The first-order valence-corrected chi connectivity index (χ1v) is 7.72. The van der Waals surface area contributed by atoms with Crippen molar-refractivity contribution in [1.29, 1.82) is 0 Å². The predicted molar refractivity (Wildman–Crippen MR) is 78.0 cm³/mol. The van der Waals surface area contributed by atoms with Gasteiger partial charge in [-0.25, -0.2) is 0 Å². The number of carbonyl (C=O) groups excluding carboxylic acids is 1. The second kappa shape index (κ2) is 5.85. The van der Waals surface area contributed by atoms with E-state index in [2.05, 4.69) is 28.1 Å². The molecule has 0 fully saturated rings. The van der Waals surface area contributed by atoms with E-state index in [4.69, 9.17) is 0 Å². The van der Waals surface area contributed by atoms with Crippen LogP contribution in [0.3, 0.4) is 0 Å². The first kappa shape index (κ1) is 12.9. The fourth-order valence-corrected chi connectivity index (χ4v) is 3.87. The molecule has 88 valence electrons. The minimum atomic E-state index is 0.117. The smallest absolute Gasteiger partial charge is 0.159 e. The van der Waals surface area contributed by atoms with E-state index < -0.39 is 0 Å². The van der Waals surface area contributed by atoms with Crippen molar-refractivity contribution in [3.05, 3.63) is 50.6 Å². The number of benzene rings is 1. The maximum absolute atomic E-state index is 11.3. The molecular weight excluding hydrogens is 316 g/mol. The Hall–Kier alpha value is -0.580. The molecule has 0 spiro atoms. The van der Waals surface area contributed by atoms with Crippen molar-refractivity contribution >= 4 is 44.8 Å². The van der Waals surface area contributed by atoms with Crippen molar-refractivity contribution in [1.82, 2.24) is 0 Å². The van der Waals surface area contributed by atoms with Gasteiger partial charge in [-0.05, 0) is 47.1 Å². The normalized spacial score (nSPS) is 10.5. The van der Waals surface area contributed by atoms with Crippen LogP contribution in [0.4, 0.5) is 0 Å². The van der Waals surface area contributed by atoms with Gasteiger partial charge < -0.3 is 0 Å². The third-order valence-electron chi connectivity index (χ3n) is 2.25. The van der Waals surface area contributed by atoms with Gasteiger partial charge in [0.25, 0.3) is 0 Å². The lowest BCUT2D eigenvalue weighted by molar-refractivity contribution is 0.101. The van der Waals surface area contributed by atoms with E-state index in [0.717, 1.165) is 20.0 Å². The average molecular weight is 327 g/mol. The summed E-state index contributed by atoms with van der Waals surface area (Å²) >= 11 is 6.96. The minimum Gasteiger partial charge on any atom is -0.295 e. The van der Waals surface area contributed by atoms with Gasteiger partial charge in [0.2, 0.25) is 0 Å². The molecule has 0 bridgehead atoms. The van der Waals surface area contributed by atoms with E-state index in [1.165, 1.54) is 4.88 Å². The average Bonchev–Trinajstić information content (AvgIpc) is 2.73. The number of Topliss-reactive ketones (excluding diaryl/α,β-unsaturated/α-hetero) is 1. The molecule has 0 amide bonds. The summed E-state index contributed by atoms with van der Waals surface area (Å²) in [5, 5.41) is 0. The number of thioether (sulfide) groups is 1. The van der Waals surface area contributed by atoms with Gasteiger partial charge in [-0.2, -0.15) is 0 Å². The topological polar surface area (TPSA) is 17.1 Å². The highest BCUT2D eigenvalue weighted by atomic mass is 79.9. The third-order valence-corrected chi connectivity index (χ3v) is 5.10. The molecule has 0 aliphatic carbocycles. The summed E-state index contributed by atoms with van der Waals surface area (Å²) in [5.74, 6) is 1.06. The lowest BCUT2D eigenvalue weighted by atomic mass is 10.2. The number of rotatable bonds is 4. The van der Waals surface area contributed by atoms with Crippen LogP contribution < -0.4 is 0 Å². The first-order chi connectivity index (χ1) is 8.15. The summed E-state index contributed by atoms with van der Waals surface area (Å²) in [5.41, 5.74) is 0.780. The molecule has 0 atom stereocenters. The van der Waals surface area contributed by atoms with Crippen molar-refractivity contribution in [2.24, 2.45) is 0 Å². The summed E-state index contributed by atoms with van der Waals surface area (Å²) in [6.07, 6.45) is 0.